The number of nitrogens with zero attached hydrogens (tertiary/aromatic N) is 3. The van der Waals surface area contributed by atoms with Gasteiger partial charge in [0.1, 0.15) is 6.33 Å². The molecule has 0 saturated carbocycles. The Morgan fingerprint density at radius 2 is 1.91 bits per heavy atom. The maximum absolute atomic E-state index is 13.1. The summed E-state index contributed by atoms with van der Waals surface area (Å²) >= 11 is 1.75. The number of rotatable bonds is 5. The minimum Gasteiger partial charge on any atom is -0.381 e. The highest BCUT2D eigenvalue weighted by Crippen LogP contribution is 2.46. The minimum atomic E-state index is -0.0572. The molecule has 8 heteroatoms. The molecule has 0 amide bonds. The van der Waals surface area contributed by atoms with Crippen LogP contribution in [0.15, 0.2) is 82.0 Å². The summed E-state index contributed by atoms with van der Waals surface area (Å²) in [4.78, 5) is 28.8. The number of hydrogen-bond acceptors (Lipinski definition) is 7. The summed E-state index contributed by atoms with van der Waals surface area (Å²) in [5, 5.41) is 3.47. The van der Waals surface area contributed by atoms with Crippen molar-refractivity contribution in [2.75, 3.05) is 36.5 Å². The number of benzene rings is 2. The smallest absolute Gasteiger partial charge is 0.257 e. The zero-order valence-electron chi connectivity index (χ0n) is 19.2. The quantitative estimate of drug-likeness (QED) is 0.385. The number of aromatic amines is 1. The number of fused-ring (bicyclic) bond motifs is 2. The van der Waals surface area contributed by atoms with Crippen molar-refractivity contribution in [3.05, 3.63) is 94.4 Å². The molecule has 4 aromatic rings. The van der Waals surface area contributed by atoms with Gasteiger partial charge in [-0.3, -0.25) is 4.79 Å². The highest BCUT2D eigenvalue weighted by molar-refractivity contribution is 7.99. The highest BCUT2D eigenvalue weighted by atomic mass is 32.2. The molecule has 2 aromatic heterocycles. The summed E-state index contributed by atoms with van der Waals surface area (Å²) in [7, 11) is 0. The first-order valence-electron chi connectivity index (χ1n) is 11.7. The summed E-state index contributed by atoms with van der Waals surface area (Å²) < 4.78 is 5.54. The van der Waals surface area contributed by atoms with Crippen LogP contribution in [-0.4, -0.2) is 41.3 Å². The molecule has 1 fully saturated rings. The van der Waals surface area contributed by atoms with Crippen LogP contribution < -0.4 is 15.8 Å². The van der Waals surface area contributed by atoms with Crippen molar-refractivity contribution in [2.24, 2.45) is 0 Å². The van der Waals surface area contributed by atoms with Crippen LogP contribution in [0.5, 0.6) is 0 Å². The van der Waals surface area contributed by atoms with Gasteiger partial charge in [-0.05, 0) is 41.8 Å². The molecule has 0 radical (unpaired) electrons. The van der Waals surface area contributed by atoms with E-state index in [4.69, 9.17) is 4.74 Å². The van der Waals surface area contributed by atoms with Crippen LogP contribution in [0.4, 0.5) is 11.4 Å². The molecule has 2 N–H and O–H groups in total. The van der Waals surface area contributed by atoms with Crippen molar-refractivity contribution < 1.29 is 4.74 Å². The van der Waals surface area contributed by atoms with E-state index in [-0.39, 0.29) is 5.56 Å². The summed E-state index contributed by atoms with van der Waals surface area (Å²) in [5.41, 5.74) is 7.28. The molecule has 176 valence electrons. The lowest BCUT2D eigenvalue weighted by Gasteiger charge is -2.31. The summed E-state index contributed by atoms with van der Waals surface area (Å²) in [6, 6.07) is 14.8. The summed E-state index contributed by atoms with van der Waals surface area (Å²) in [5.74, 6) is 0. The number of nitrogens with one attached hydrogen (secondary N) is 2. The van der Waals surface area contributed by atoms with Crippen molar-refractivity contribution in [1.82, 2.24) is 15.0 Å². The van der Waals surface area contributed by atoms with E-state index in [1.54, 1.807) is 24.3 Å². The highest BCUT2D eigenvalue weighted by Gasteiger charge is 2.24. The lowest BCUT2D eigenvalue weighted by Crippen LogP contribution is -2.37. The number of ether oxygens (including phenoxy) is 1. The van der Waals surface area contributed by atoms with Crippen molar-refractivity contribution >= 4 is 23.1 Å². The topological polar surface area (TPSA) is 83.1 Å². The van der Waals surface area contributed by atoms with Gasteiger partial charge in [0, 0.05) is 64.8 Å². The van der Waals surface area contributed by atoms with Gasteiger partial charge in [-0.2, -0.15) is 0 Å². The average Bonchev–Trinajstić information content (AvgIpc) is 2.91. The number of H-pyrrole nitrogens is 1. The SMILES string of the molecule is O=c1[nH]ccc(N2CCOCC2)c1-c1cccc2c1Sc1ccc(NCc3cncnc3)cc1C2. The van der Waals surface area contributed by atoms with Crippen LogP contribution in [-0.2, 0) is 17.7 Å². The number of hydrogen-bond donors (Lipinski definition) is 2. The maximum Gasteiger partial charge on any atom is 0.257 e. The lowest BCUT2D eigenvalue weighted by atomic mass is 9.97. The Kier molecular flexibility index (Phi) is 5.98. The Labute approximate surface area is 207 Å². The molecule has 0 spiro atoms. The predicted octanol–water partition coefficient (Wildman–Crippen LogP) is 4.34. The normalized spacial score (nSPS) is 14.8. The summed E-state index contributed by atoms with van der Waals surface area (Å²) in [6.07, 6.45) is 7.75. The van der Waals surface area contributed by atoms with Crippen LogP contribution in [0.25, 0.3) is 11.1 Å². The fourth-order valence-corrected chi connectivity index (χ4v) is 5.87. The lowest BCUT2D eigenvalue weighted by molar-refractivity contribution is 0.122. The van der Waals surface area contributed by atoms with Gasteiger partial charge >= 0.3 is 0 Å². The van der Waals surface area contributed by atoms with Gasteiger partial charge in [0.05, 0.1) is 24.5 Å². The fourth-order valence-electron chi connectivity index (χ4n) is 4.71. The Morgan fingerprint density at radius 1 is 1.06 bits per heavy atom. The first-order chi connectivity index (χ1) is 17.3. The molecule has 4 heterocycles. The van der Waals surface area contributed by atoms with Gasteiger partial charge < -0.3 is 19.9 Å². The van der Waals surface area contributed by atoms with Crippen molar-refractivity contribution in [3.63, 3.8) is 0 Å². The standard InChI is InChI=1S/C27H25N5O2S/c33-27-25(23(6-7-30-27)32-8-10-34-11-9-32)22-3-1-2-19-12-20-13-21(4-5-24(20)35-26(19)22)31-16-18-14-28-17-29-15-18/h1-7,13-15,17,31H,8-12,16H2,(H,30,33). The van der Waals surface area contributed by atoms with Gasteiger partial charge in [0.15, 0.2) is 0 Å². The second-order valence-electron chi connectivity index (χ2n) is 8.66. The van der Waals surface area contributed by atoms with E-state index in [1.807, 2.05) is 18.5 Å². The molecule has 0 unspecified atom stereocenters. The number of aromatic nitrogens is 3. The van der Waals surface area contributed by atoms with Gasteiger partial charge in [-0.25, -0.2) is 9.97 Å². The molecule has 2 aromatic carbocycles. The molecule has 2 aliphatic rings. The molecule has 7 nitrogen and oxygen atoms in total. The van der Waals surface area contributed by atoms with E-state index in [9.17, 15) is 4.79 Å². The Balaban J connectivity index is 1.32. The van der Waals surface area contributed by atoms with Crippen molar-refractivity contribution in [1.29, 1.82) is 0 Å². The van der Waals surface area contributed by atoms with Gasteiger partial charge in [0.2, 0.25) is 0 Å². The molecule has 35 heavy (non-hydrogen) atoms. The van der Waals surface area contributed by atoms with E-state index >= 15 is 0 Å². The average molecular weight is 484 g/mol. The molecule has 0 bridgehead atoms. The van der Waals surface area contributed by atoms with Crippen LogP contribution >= 0.6 is 11.8 Å². The molecular formula is C27H25N5O2S. The van der Waals surface area contributed by atoms with Gasteiger partial charge in [-0.1, -0.05) is 30.0 Å². The van der Waals surface area contributed by atoms with E-state index < -0.39 is 0 Å². The van der Waals surface area contributed by atoms with Gasteiger partial charge in [-0.15, -0.1) is 0 Å². The first kappa shape index (κ1) is 21.9. The number of pyridine rings is 1. The second-order valence-corrected chi connectivity index (χ2v) is 9.71. The molecule has 1 saturated heterocycles. The van der Waals surface area contributed by atoms with Crippen LogP contribution in [0.3, 0.4) is 0 Å². The van der Waals surface area contributed by atoms with Crippen molar-refractivity contribution in [2.45, 2.75) is 22.8 Å². The zero-order valence-corrected chi connectivity index (χ0v) is 20.0. The van der Waals surface area contributed by atoms with Crippen LogP contribution in [0, 0.1) is 0 Å². The third-order valence-electron chi connectivity index (χ3n) is 6.42. The third kappa shape index (κ3) is 4.42. The Bertz CT molecular complexity index is 1420. The molecular weight excluding hydrogens is 458 g/mol. The van der Waals surface area contributed by atoms with E-state index in [2.05, 4.69) is 61.6 Å². The van der Waals surface area contributed by atoms with E-state index in [1.165, 1.54) is 16.0 Å². The Hall–Kier alpha value is -3.62. The number of morpholine rings is 1. The molecule has 0 aliphatic carbocycles. The summed E-state index contributed by atoms with van der Waals surface area (Å²) in [6.45, 7) is 3.59. The van der Waals surface area contributed by atoms with Crippen LogP contribution in [0.1, 0.15) is 16.7 Å². The van der Waals surface area contributed by atoms with Gasteiger partial charge in [0.25, 0.3) is 5.56 Å². The molecule has 6 rings (SSSR count). The Morgan fingerprint density at radius 3 is 2.77 bits per heavy atom. The fraction of sp³-hybridized carbons (Fsp3) is 0.222. The third-order valence-corrected chi connectivity index (χ3v) is 7.73. The zero-order chi connectivity index (χ0) is 23.6. The molecule has 0 atom stereocenters. The monoisotopic (exact) mass is 483 g/mol. The first-order valence-corrected chi connectivity index (χ1v) is 12.5. The van der Waals surface area contributed by atoms with Crippen LogP contribution in [0.2, 0.25) is 0 Å². The van der Waals surface area contributed by atoms with E-state index in [0.29, 0.717) is 19.8 Å². The van der Waals surface area contributed by atoms with Crippen molar-refractivity contribution in [3.8, 4) is 11.1 Å². The number of anilines is 2. The largest absolute Gasteiger partial charge is 0.381 e. The predicted molar refractivity (Wildman–Crippen MR) is 138 cm³/mol. The molecule has 2 aliphatic heterocycles. The maximum atomic E-state index is 13.1. The van der Waals surface area contributed by atoms with E-state index in [0.717, 1.165) is 52.5 Å². The second kappa shape index (κ2) is 9.56. The minimum absolute atomic E-state index is 0.0572.